The first-order chi connectivity index (χ1) is 7.59. The lowest BCUT2D eigenvalue weighted by atomic mass is 9.99. The van der Waals surface area contributed by atoms with E-state index in [2.05, 4.69) is 22.9 Å². The third-order valence-electron chi connectivity index (χ3n) is 3.18. The molecule has 16 heavy (non-hydrogen) atoms. The Morgan fingerprint density at radius 1 is 1.62 bits per heavy atom. The van der Waals surface area contributed by atoms with E-state index >= 15 is 0 Å². The summed E-state index contributed by atoms with van der Waals surface area (Å²) in [6, 6.07) is 1.75. The van der Waals surface area contributed by atoms with Gasteiger partial charge in [-0.25, -0.2) is 0 Å². The van der Waals surface area contributed by atoms with E-state index in [0.29, 0.717) is 22.1 Å². The van der Waals surface area contributed by atoms with Crippen molar-refractivity contribution in [3.8, 4) is 0 Å². The summed E-state index contributed by atoms with van der Waals surface area (Å²) in [5, 5.41) is 0. The number of furan rings is 1. The summed E-state index contributed by atoms with van der Waals surface area (Å²) >= 11 is 3.64. The number of rotatable bonds is 1. The van der Waals surface area contributed by atoms with Crippen molar-refractivity contribution in [3.05, 3.63) is 23.7 Å². The van der Waals surface area contributed by atoms with E-state index in [1.54, 1.807) is 12.3 Å². The van der Waals surface area contributed by atoms with E-state index in [1.807, 2.05) is 11.8 Å². The van der Waals surface area contributed by atoms with E-state index in [1.165, 1.54) is 0 Å². The highest BCUT2D eigenvalue weighted by Gasteiger charge is 2.28. The first-order valence-electron chi connectivity index (χ1n) is 5.57. The Balaban J connectivity index is 2.09. The molecule has 0 bridgehead atoms. The summed E-state index contributed by atoms with van der Waals surface area (Å²) in [5.41, 5.74) is 0.695. The van der Waals surface area contributed by atoms with Crippen molar-refractivity contribution in [2.75, 3.05) is 13.1 Å². The zero-order valence-corrected chi connectivity index (χ0v) is 11.2. The highest BCUT2D eigenvalue weighted by Crippen LogP contribution is 2.25. The van der Waals surface area contributed by atoms with Crippen LogP contribution >= 0.6 is 15.9 Å². The average Bonchev–Trinajstić information content (AvgIpc) is 2.67. The Morgan fingerprint density at radius 3 is 2.94 bits per heavy atom. The van der Waals surface area contributed by atoms with E-state index in [4.69, 9.17) is 4.42 Å². The quantitative estimate of drug-likeness (QED) is 0.744. The molecule has 1 aromatic rings. The van der Waals surface area contributed by atoms with E-state index in [-0.39, 0.29) is 5.91 Å². The van der Waals surface area contributed by atoms with E-state index < -0.39 is 0 Å². The van der Waals surface area contributed by atoms with Crippen molar-refractivity contribution in [2.24, 2.45) is 5.92 Å². The predicted octanol–water partition coefficient (Wildman–Crippen LogP) is 2.83. The van der Waals surface area contributed by atoms with Gasteiger partial charge in [-0.2, -0.15) is 0 Å². The number of carbonyl (C=O) groups excluding carboxylic acids is 1. The van der Waals surface area contributed by atoms with Crippen LogP contribution in [0.15, 0.2) is 16.7 Å². The molecule has 0 spiro atoms. The fourth-order valence-corrected chi connectivity index (χ4v) is 2.45. The average molecular weight is 286 g/mol. The second-order valence-electron chi connectivity index (χ2n) is 4.42. The Bertz CT molecular complexity index is 388. The molecule has 2 heterocycles. The number of likely N-dealkylation sites (tertiary alicyclic amines) is 1. The molecular weight excluding hydrogens is 270 g/mol. The van der Waals surface area contributed by atoms with Crippen molar-refractivity contribution < 1.29 is 9.21 Å². The molecule has 0 radical (unpaired) electrons. The molecule has 2 unspecified atom stereocenters. The molecule has 1 amide bonds. The Hall–Kier alpha value is -0.770. The van der Waals surface area contributed by atoms with Gasteiger partial charge >= 0.3 is 0 Å². The van der Waals surface area contributed by atoms with Crippen molar-refractivity contribution in [1.82, 2.24) is 4.90 Å². The normalized spacial score (nSPS) is 25.8. The van der Waals surface area contributed by atoms with Gasteiger partial charge in [0.2, 0.25) is 0 Å². The largest absolute Gasteiger partial charge is 0.469 e. The minimum absolute atomic E-state index is 0.0949. The second-order valence-corrected chi connectivity index (χ2v) is 5.60. The molecule has 1 aromatic heterocycles. The molecule has 0 N–H and O–H groups in total. The molecule has 2 rings (SSSR count). The molecule has 0 aliphatic carbocycles. The Kier molecular flexibility index (Phi) is 3.38. The van der Waals surface area contributed by atoms with Gasteiger partial charge in [0.1, 0.15) is 5.76 Å². The number of carbonyl (C=O) groups is 1. The number of aryl methyl sites for hydroxylation is 1. The van der Waals surface area contributed by atoms with Gasteiger partial charge in [-0.15, -0.1) is 0 Å². The molecule has 1 saturated heterocycles. The summed E-state index contributed by atoms with van der Waals surface area (Å²) in [6.45, 7) is 5.64. The van der Waals surface area contributed by atoms with Crippen LogP contribution in [0.25, 0.3) is 0 Å². The summed E-state index contributed by atoms with van der Waals surface area (Å²) in [5.74, 6) is 1.31. The van der Waals surface area contributed by atoms with Gasteiger partial charge in [-0.1, -0.05) is 22.9 Å². The minimum Gasteiger partial charge on any atom is -0.469 e. The molecule has 0 aromatic carbocycles. The summed E-state index contributed by atoms with van der Waals surface area (Å²) in [7, 11) is 0. The first-order valence-corrected chi connectivity index (χ1v) is 6.48. The van der Waals surface area contributed by atoms with Gasteiger partial charge in [-0.3, -0.25) is 4.79 Å². The third-order valence-corrected chi connectivity index (χ3v) is 4.54. The topological polar surface area (TPSA) is 33.5 Å². The monoisotopic (exact) mass is 285 g/mol. The van der Waals surface area contributed by atoms with Crippen molar-refractivity contribution in [3.63, 3.8) is 0 Å². The van der Waals surface area contributed by atoms with Crippen LogP contribution < -0.4 is 0 Å². The van der Waals surface area contributed by atoms with Gasteiger partial charge in [0, 0.05) is 17.9 Å². The van der Waals surface area contributed by atoms with E-state index in [9.17, 15) is 4.79 Å². The highest BCUT2D eigenvalue weighted by molar-refractivity contribution is 9.09. The highest BCUT2D eigenvalue weighted by atomic mass is 79.9. The lowest BCUT2D eigenvalue weighted by molar-refractivity contribution is 0.0688. The molecule has 3 nitrogen and oxygen atoms in total. The summed E-state index contributed by atoms with van der Waals surface area (Å²) in [4.78, 5) is 14.6. The number of nitrogens with zero attached hydrogens (tertiary/aromatic N) is 1. The Labute approximate surface area is 104 Å². The number of hydrogen-bond acceptors (Lipinski definition) is 2. The number of halogens is 1. The van der Waals surface area contributed by atoms with Crippen LogP contribution in [-0.4, -0.2) is 28.7 Å². The molecule has 1 aliphatic heterocycles. The number of piperidine rings is 1. The van der Waals surface area contributed by atoms with Crippen molar-refractivity contribution >= 4 is 21.8 Å². The molecular formula is C12H16BrNO2. The lowest BCUT2D eigenvalue weighted by Gasteiger charge is -2.34. The van der Waals surface area contributed by atoms with Crippen LogP contribution in [0.5, 0.6) is 0 Å². The van der Waals surface area contributed by atoms with Gasteiger partial charge < -0.3 is 9.32 Å². The SMILES string of the molecule is Cc1occc1C(=O)N1CCC(Br)C(C)C1. The van der Waals surface area contributed by atoms with Crippen LogP contribution in [0.2, 0.25) is 0 Å². The number of alkyl halides is 1. The predicted molar refractivity (Wildman–Crippen MR) is 65.8 cm³/mol. The van der Waals surface area contributed by atoms with Gasteiger partial charge in [-0.05, 0) is 25.3 Å². The van der Waals surface area contributed by atoms with Gasteiger partial charge in [0.15, 0.2) is 0 Å². The van der Waals surface area contributed by atoms with Crippen LogP contribution in [0, 0.1) is 12.8 Å². The number of hydrogen-bond donors (Lipinski definition) is 0. The molecule has 1 aliphatic rings. The smallest absolute Gasteiger partial charge is 0.257 e. The molecule has 4 heteroatoms. The fourth-order valence-electron chi connectivity index (χ4n) is 2.08. The second kappa shape index (κ2) is 4.62. The maximum Gasteiger partial charge on any atom is 0.257 e. The zero-order chi connectivity index (χ0) is 11.7. The summed E-state index contributed by atoms with van der Waals surface area (Å²) in [6.07, 6.45) is 2.59. The molecule has 88 valence electrons. The van der Waals surface area contributed by atoms with Crippen LogP contribution in [0.1, 0.15) is 29.5 Å². The van der Waals surface area contributed by atoms with Gasteiger partial charge in [0.25, 0.3) is 5.91 Å². The maximum atomic E-state index is 12.2. The molecule has 2 atom stereocenters. The van der Waals surface area contributed by atoms with Crippen molar-refractivity contribution in [1.29, 1.82) is 0 Å². The van der Waals surface area contributed by atoms with Gasteiger partial charge in [0.05, 0.1) is 11.8 Å². The lowest BCUT2D eigenvalue weighted by Crippen LogP contribution is -2.43. The fraction of sp³-hybridized carbons (Fsp3) is 0.583. The summed E-state index contributed by atoms with van der Waals surface area (Å²) < 4.78 is 5.17. The van der Waals surface area contributed by atoms with Crippen molar-refractivity contribution in [2.45, 2.75) is 25.1 Å². The zero-order valence-electron chi connectivity index (χ0n) is 9.57. The van der Waals surface area contributed by atoms with Crippen LogP contribution in [0.4, 0.5) is 0 Å². The van der Waals surface area contributed by atoms with Crippen LogP contribution in [0.3, 0.4) is 0 Å². The maximum absolute atomic E-state index is 12.2. The molecule has 1 fully saturated rings. The third kappa shape index (κ3) is 2.17. The standard InChI is InChI=1S/C12H16BrNO2/c1-8-7-14(5-3-11(8)13)12(15)10-4-6-16-9(10)2/h4,6,8,11H,3,5,7H2,1-2H3. The van der Waals surface area contributed by atoms with Crippen LogP contribution in [-0.2, 0) is 0 Å². The molecule has 0 saturated carbocycles. The first kappa shape index (κ1) is 11.7. The minimum atomic E-state index is 0.0949. The number of amides is 1. The Morgan fingerprint density at radius 2 is 2.38 bits per heavy atom. The van der Waals surface area contributed by atoms with E-state index in [0.717, 1.165) is 19.5 Å².